The highest BCUT2D eigenvalue weighted by atomic mass is 32.2. The first-order valence-electron chi connectivity index (χ1n) is 7.34. The second-order valence-electron chi connectivity index (χ2n) is 5.74. The molecule has 2 nitrogen and oxygen atoms in total. The number of hydrogen-bond donors (Lipinski definition) is 0. The molecule has 0 aliphatic heterocycles. The molecule has 2 aliphatic carbocycles. The maximum absolute atomic E-state index is 12.5. The van der Waals surface area contributed by atoms with Crippen LogP contribution in [0.3, 0.4) is 0 Å². The summed E-state index contributed by atoms with van der Waals surface area (Å²) in [7, 11) is -3.31. The normalized spacial score (nSPS) is 28.3. The maximum atomic E-state index is 12.5. The Balaban J connectivity index is 1.93. The zero-order valence-electron chi connectivity index (χ0n) is 11.5. The Morgan fingerprint density at radius 3 is 2.60 bits per heavy atom. The van der Waals surface area contributed by atoms with E-state index in [9.17, 15) is 8.42 Å². The molecule has 0 N–H and O–H groups in total. The molecule has 0 amide bonds. The summed E-state index contributed by atoms with van der Waals surface area (Å²) in [6.07, 6.45) is 10.0. The van der Waals surface area contributed by atoms with Gasteiger partial charge in [-0.25, -0.2) is 8.42 Å². The molecule has 2 aliphatic rings. The van der Waals surface area contributed by atoms with Gasteiger partial charge in [-0.05, 0) is 43.2 Å². The number of allylic oxidation sites excluding steroid dienone is 3. The van der Waals surface area contributed by atoms with Crippen LogP contribution in [0.5, 0.6) is 0 Å². The van der Waals surface area contributed by atoms with E-state index in [1.165, 1.54) is 24.7 Å². The highest BCUT2D eigenvalue weighted by Crippen LogP contribution is 2.40. The fourth-order valence-corrected chi connectivity index (χ4v) is 4.74. The summed E-state index contributed by atoms with van der Waals surface area (Å²) in [5.74, 6) is 0.988. The Morgan fingerprint density at radius 1 is 1.05 bits per heavy atom. The van der Waals surface area contributed by atoms with Crippen LogP contribution in [-0.4, -0.2) is 8.42 Å². The van der Waals surface area contributed by atoms with Gasteiger partial charge in [-0.15, -0.1) is 0 Å². The molecule has 1 aromatic carbocycles. The van der Waals surface area contributed by atoms with Gasteiger partial charge in [0.05, 0.1) is 4.90 Å². The van der Waals surface area contributed by atoms with Crippen molar-refractivity contribution < 1.29 is 8.42 Å². The molecule has 0 aromatic heterocycles. The number of rotatable bonds is 2. The van der Waals surface area contributed by atoms with Crippen LogP contribution >= 0.6 is 0 Å². The van der Waals surface area contributed by atoms with Crippen molar-refractivity contribution in [3.63, 3.8) is 0 Å². The van der Waals surface area contributed by atoms with Crippen molar-refractivity contribution in [3.05, 3.63) is 53.5 Å². The van der Waals surface area contributed by atoms with Crippen LogP contribution in [0.4, 0.5) is 0 Å². The van der Waals surface area contributed by atoms with Gasteiger partial charge in [0.1, 0.15) is 0 Å². The molecule has 0 bridgehead atoms. The van der Waals surface area contributed by atoms with Crippen molar-refractivity contribution in [1.29, 1.82) is 0 Å². The smallest absolute Gasteiger partial charge is 0.199 e. The van der Waals surface area contributed by atoms with E-state index in [1.807, 2.05) is 6.07 Å². The zero-order valence-corrected chi connectivity index (χ0v) is 12.4. The summed E-state index contributed by atoms with van der Waals surface area (Å²) in [5, 5.41) is 1.54. The minimum absolute atomic E-state index is 0.398. The highest BCUT2D eigenvalue weighted by molar-refractivity contribution is 7.94. The first kappa shape index (κ1) is 13.6. The van der Waals surface area contributed by atoms with Gasteiger partial charge in [0.2, 0.25) is 0 Å². The monoisotopic (exact) mass is 288 g/mol. The summed E-state index contributed by atoms with van der Waals surface area (Å²) < 4.78 is 24.9. The minimum atomic E-state index is -3.31. The molecule has 106 valence electrons. The average Bonchev–Trinajstić information content (AvgIpc) is 2.48. The van der Waals surface area contributed by atoms with Gasteiger partial charge in [0, 0.05) is 5.41 Å². The van der Waals surface area contributed by atoms with Crippen molar-refractivity contribution in [1.82, 2.24) is 0 Å². The third kappa shape index (κ3) is 2.73. The molecule has 1 fully saturated rings. The van der Waals surface area contributed by atoms with E-state index in [1.54, 1.807) is 24.3 Å². The van der Waals surface area contributed by atoms with Gasteiger partial charge in [-0.1, -0.05) is 48.8 Å². The quantitative estimate of drug-likeness (QED) is 0.767. The Labute approximate surface area is 121 Å². The fourth-order valence-electron chi connectivity index (χ4n) is 3.39. The number of hydrogen-bond acceptors (Lipinski definition) is 2. The predicted molar refractivity (Wildman–Crippen MR) is 80.9 cm³/mol. The van der Waals surface area contributed by atoms with E-state index in [0.717, 1.165) is 18.4 Å². The van der Waals surface area contributed by atoms with Gasteiger partial charge in [-0.2, -0.15) is 0 Å². The molecule has 1 saturated carbocycles. The van der Waals surface area contributed by atoms with Gasteiger partial charge < -0.3 is 0 Å². The first-order valence-corrected chi connectivity index (χ1v) is 8.89. The lowest BCUT2D eigenvalue weighted by molar-refractivity contribution is 0.313. The molecule has 0 unspecified atom stereocenters. The lowest BCUT2D eigenvalue weighted by Crippen LogP contribution is -2.22. The number of sulfone groups is 1. The van der Waals surface area contributed by atoms with Crippen molar-refractivity contribution in [2.24, 2.45) is 11.8 Å². The Morgan fingerprint density at radius 2 is 1.80 bits per heavy atom. The molecule has 2 atom stereocenters. The van der Waals surface area contributed by atoms with E-state index in [2.05, 4.69) is 12.2 Å². The van der Waals surface area contributed by atoms with Crippen molar-refractivity contribution >= 4 is 9.84 Å². The molecule has 0 saturated heterocycles. The SMILES string of the molecule is O=S(=O)(/C=C1/CC=C[C@H]2CCCC[C@H]12)c1ccccc1. The standard InChI is InChI=1S/C17H20O2S/c18-20(19,16-10-2-1-3-11-16)13-15-9-6-8-14-7-4-5-12-17(14)15/h1-3,6,8,10-11,13-14,17H,4-5,7,9,12H2/b15-13-/t14-,17+/m1/s1. The topological polar surface area (TPSA) is 34.1 Å². The lowest BCUT2D eigenvalue weighted by Gasteiger charge is -2.34. The molecule has 0 spiro atoms. The van der Waals surface area contributed by atoms with Gasteiger partial charge in [0.15, 0.2) is 9.84 Å². The van der Waals surface area contributed by atoms with Crippen LogP contribution in [0.15, 0.2) is 58.4 Å². The summed E-state index contributed by atoms with van der Waals surface area (Å²) in [6, 6.07) is 8.73. The largest absolute Gasteiger partial charge is 0.219 e. The number of fused-ring (bicyclic) bond motifs is 1. The molecule has 0 heterocycles. The van der Waals surface area contributed by atoms with E-state index in [4.69, 9.17) is 0 Å². The molecule has 20 heavy (non-hydrogen) atoms. The van der Waals surface area contributed by atoms with Gasteiger partial charge in [-0.3, -0.25) is 0 Å². The average molecular weight is 288 g/mol. The van der Waals surface area contributed by atoms with Crippen LogP contribution in [-0.2, 0) is 9.84 Å². The first-order chi connectivity index (χ1) is 9.67. The maximum Gasteiger partial charge on any atom is 0.199 e. The second kappa shape index (κ2) is 5.57. The molecular weight excluding hydrogens is 268 g/mol. The third-order valence-corrected chi connectivity index (χ3v) is 5.95. The van der Waals surface area contributed by atoms with E-state index < -0.39 is 9.84 Å². The Kier molecular flexibility index (Phi) is 3.79. The lowest BCUT2D eigenvalue weighted by atomic mass is 9.72. The highest BCUT2D eigenvalue weighted by Gasteiger charge is 2.29. The zero-order chi connectivity index (χ0) is 14.0. The second-order valence-corrected chi connectivity index (χ2v) is 7.54. The minimum Gasteiger partial charge on any atom is -0.219 e. The fraction of sp³-hybridized carbons (Fsp3) is 0.412. The molecule has 1 aromatic rings. The third-order valence-electron chi connectivity index (χ3n) is 4.41. The van der Waals surface area contributed by atoms with E-state index in [-0.39, 0.29) is 0 Å². The summed E-state index contributed by atoms with van der Waals surface area (Å²) in [4.78, 5) is 0.398. The number of benzene rings is 1. The summed E-state index contributed by atoms with van der Waals surface area (Å²) >= 11 is 0. The molecule has 0 radical (unpaired) electrons. The van der Waals surface area contributed by atoms with Crippen LogP contribution in [0.1, 0.15) is 32.1 Å². The van der Waals surface area contributed by atoms with Crippen LogP contribution in [0, 0.1) is 11.8 Å². The van der Waals surface area contributed by atoms with Crippen LogP contribution in [0.25, 0.3) is 0 Å². The summed E-state index contributed by atoms with van der Waals surface area (Å²) in [6.45, 7) is 0. The van der Waals surface area contributed by atoms with Crippen molar-refractivity contribution in [3.8, 4) is 0 Å². The molecule has 3 heteroatoms. The Hall–Kier alpha value is -1.35. The molecule has 3 rings (SSSR count). The van der Waals surface area contributed by atoms with E-state index in [0.29, 0.717) is 16.7 Å². The van der Waals surface area contributed by atoms with E-state index >= 15 is 0 Å². The van der Waals surface area contributed by atoms with Gasteiger partial charge in [0.25, 0.3) is 0 Å². The van der Waals surface area contributed by atoms with Crippen molar-refractivity contribution in [2.75, 3.05) is 0 Å². The van der Waals surface area contributed by atoms with Crippen molar-refractivity contribution in [2.45, 2.75) is 37.0 Å². The predicted octanol–water partition coefficient (Wildman–Crippen LogP) is 4.11. The molecular formula is C17H20O2S. The van der Waals surface area contributed by atoms with Gasteiger partial charge >= 0.3 is 0 Å². The Bertz CT molecular complexity index is 626. The van der Waals surface area contributed by atoms with Crippen LogP contribution in [0.2, 0.25) is 0 Å². The summed E-state index contributed by atoms with van der Waals surface area (Å²) in [5.41, 5.74) is 1.10. The van der Waals surface area contributed by atoms with Crippen LogP contribution < -0.4 is 0 Å².